The number of urea groups is 1. The van der Waals surface area contributed by atoms with Crippen LogP contribution in [0.15, 0.2) is 60.8 Å². The minimum absolute atomic E-state index is 0.101. The number of nitrogens with one attached hydrogen (secondary N) is 3. The lowest BCUT2D eigenvalue weighted by atomic mass is 10.1. The number of carbonyl (C=O) groups excluding carboxylic acids is 2. The van der Waals surface area contributed by atoms with E-state index in [0.717, 1.165) is 12.1 Å². The first-order chi connectivity index (χ1) is 15.2. The van der Waals surface area contributed by atoms with Gasteiger partial charge in [0.15, 0.2) is 0 Å². The van der Waals surface area contributed by atoms with Crippen molar-refractivity contribution < 1.29 is 27.5 Å². The van der Waals surface area contributed by atoms with Crippen molar-refractivity contribution >= 4 is 34.9 Å². The van der Waals surface area contributed by atoms with Gasteiger partial charge in [0.1, 0.15) is 17.2 Å². The Hall–Kier alpha value is -3.79. The summed E-state index contributed by atoms with van der Waals surface area (Å²) in [5, 5.41) is 6.96. The Labute approximate surface area is 185 Å². The third-order valence-corrected chi connectivity index (χ3v) is 4.31. The van der Waals surface area contributed by atoms with E-state index in [0.29, 0.717) is 17.2 Å². The fraction of sp³-hybridized carbons (Fsp3) is 0.0952. The first-order valence-corrected chi connectivity index (χ1v) is 9.44. The Kier molecular flexibility index (Phi) is 6.84. The van der Waals surface area contributed by atoms with Crippen molar-refractivity contribution in [3.63, 3.8) is 0 Å². The molecule has 3 aromatic rings. The van der Waals surface area contributed by atoms with Crippen LogP contribution in [0.5, 0.6) is 11.5 Å². The van der Waals surface area contributed by atoms with Crippen molar-refractivity contribution in [3.05, 3.63) is 77.1 Å². The minimum atomic E-state index is -4.68. The first-order valence-electron chi connectivity index (χ1n) is 9.06. The van der Waals surface area contributed by atoms with Gasteiger partial charge in [-0.25, -0.2) is 4.79 Å². The lowest BCUT2D eigenvalue weighted by molar-refractivity contribution is -0.136. The van der Waals surface area contributed by atoms with E-state index in [4.69, 9.17) is 16.3 Å². The van der Waals surface area contributed by atoms with Gasteiger partial charge in [-0.3, -0.25) is 9.78 Å². The molecule has 0 aliphatic carbocycles. The lowest BCUT2D eigenvalue weighted by Crippen LogP contribution is -2.21. The topological polar surface area (TPSA) is 92.4 Å². The zero-order chi connectivity index (χ0) is 23.3. The van der Waals surface area contributed by atoms with Crippen molar-refractivity contribution in [1.29, 1.82) is 0 Å². The number of aromatic nitrogens is 1. The summed E-state index contributed by atoms with van der Waals surface area (Å²) in [6, 6.07) is 11.3. The first kappa shape index (κ1) is 22.9. The molecule has 1 aromatic heterocycles. The van der Waals surface area contributed by atoms with Crippen molar-refractivity contribution in [3.8, 4) is 11.5 Å². The Balaban J connectivity index is 1.65. The van der Waals surface area contributed by atoms with E-state index in [-0.39, 0.29) is 16.6 Å². The molecule has 3 amide bonds. The van der Waals surface area contributed by atoms with E-state index in [1.165, 1.54) is 37.5 Å². The molecule has 0 fully saturated rings. The Morgan fingerprint density at radius 1 is 0.969 bits per heavy atom. The molecule has 0 unspecified atom stereocenters. The highest BCUT2D eigenvalue weighted by Crippen LogP contribution is 2.36. The Morgan fingerprint density at radius 2 is 1.69 bits per heavy atom. The van der Waals surface area contributed by atoms with Gasteiger partial charge in [-0.05, 0) is 48.5 Å². The molecule has 0 spiro atoms. The number of ether oxygens (including phenoxy) is 1. The van der Waals surface area contributed by atoms with Crippen molar-refractivity contribution in [2.24, 2.45) is 0 Å². The van der Waals surface area contributed by atoms with Crippen LogP contribution in [0, 0.1) is 0 Å². The van der Waals surface area contributed by atoms with Gasteiger partial charge < -0.3 is 20.7 Å². The smallest absolute Gasteiger partial charge is 0.418 e. The number of alkyl halides is 3. The molecule has 0 aliphatic rings. The van der Waals surface area contributed by atoms with Crippen LogP contribution in [-0.2, 0) is 6.18 Å². The molecule has 0 radical (unpaired) electrons. The van der Waals surface area contributed by atoms with Gasteiger partial charge >= 0.3 is 12.2 Å². The molecule has 0 atom stereocenters. The quantitative estimate of drug-likeness (QED) is 0.461. The molecule has 0 saturated heterocycles. The van der Waals surface area contributed by atoms with Crippen LogP contribution < -0.4 is 20.7 Å². The molecule has 11 heteroatoms. The van der Waals surface area contributed by atoms with Crippen molar-refractivity contribution in [2.75, 3.05) is 17.7 Å². The van der Waals surface area contributed by atoms with Crippen LogP contribution in [0.2, 0.25) is 5.02 Å². The fourth-order valence-electron chi connectivity index (χ4n) is 2.61. The second-order valence-corrected chi connectivity index (χ2v) is 6.79. The van der Waals surface area contributed by atoms with Crippen LogP contribution in [0.4, 0.5) is 29.3 Å². The minimum Gasteiger partial charge on any atom is -0.457 e. The molecule has 7 nitrogen and oxygen atoms in total. The molecule has 32 heavy (non-hydrogen) atoms. The molecule has 0 saturated carbocycles. The third-order valence-electron chi connectivity index (χ3n) is 4.07. The van der Waals surface area contributed by atoms with E-state index in [1.807, 2.05) is 0 Å². The van der Waals surface area contributed by atoms with Gasteiger partial charge in [-0.2, -0.15) is 13.2 Å². The number of halogens is 4. The standard InChI is InChI=1S/C21H16ClF3N4O3/c1-26-19(30)18-11-15(8-9-27-18)32-14-5-3-13(4-6-14)28-20(31)29-17-7-2-12(22)10-16(17)21(23,24)25/h2-11H,1H3,(H,26,30)(H2,28,29,31). The summed E-state index contributed by atoms with van der Waals surface area (Å²) >= 11 is 5.63. The van der Waals surface area contributed by atoms with E-state index >= 15 is 0 Å². The van der Waals surface area contributed by atoms with Crippen molar-refractivity contribution in [1.82, 2.24) is 10.3 Å². The zero-order valence-electron chi connectivity index (χ0n) is 16.5. The molecule has 0 aliphatic heterocycles. The van der Waals surface area contributed by atoms with Gasteiger partial charge in [0.05, 0.1) is 11.3 Å². The third kappa shape index (κ3) is 5.88. The zero-order valence-corrected chi connectivity index (χ0v) is 17.2. The molecule has 166 valence electrons. The number of rotatable bonds is 5. The van der Waals surface area contributed by atoms with Crippen LogP contribution in [-0.4, -0.2) is 24.0 Å². The average molecular weight is 465 g/mol. The number of anilines is 2. The second-order valence-electron chi connectivity index (χ2n) is 6.35. The normalized spacial score (nSPS) is 10.9. The molecule has 1 heterocycles. The molecule has 3 rings (SSSR count). The molecular weight excluding hydrogens is 449 g/mol. The van der Waals surface area contributed by atoms with Crippen LogP contribution in [0.3, 0.4) is 0 Å². The van der Waals surface area contributed by atoms with E-state index in [2.05, 4.69) is 20.9 Å². The summed E-state index contributed by atoms with van der Waals surface area (Å²) < 4.78 is 45.1. The van der Waals surface area contributed by atoms with Crippen LogP contribution in [0.25, 0.3) is 0 Å². The largest absolute Gasteiger partial charge is 0.457 e. The average Bonchev–Trinajstić information content (AvgIpc) is 2.75. The number of nitrogens with zero attached hydrogens (tertiary/aromatic N) is 1. The number of benzene rings is 2. The summed E-state index contributed by atoms with van der Waals surface area (Å²) in [4.78, 5) is 27.7. The van der Waals surface area contributed by atoms with Gasteiger partial charge in [0.25, 0.3) is 5.91 Å². The Bertz CT molecular complexity index is 1140. The summed E-state index contributed by atoms with van der Waals surface area (Å²) in [6.07, 6.45) is -3.26. The van der Waals surface area contributed by atoms with Gasteiger partial charge in [0.2, 0.25) is 0 Å². The number of pyridine rings is 1. The molecular formula is C21H16ClF3N4O3. The summed E-state index contributed by atoms with van der Waals surface area (Å²) in [7, 11) is 1.48. The van der Waals surface area contributed by atoms with Gasteiger partial charge in [0, 0.05) is 30.0 Å². The van der Waals surface area contributed by atoms with Crippen LogP contribution in [0.1, 0.15) is 16.1 Å². The molecule has 0 bridgehead atoms. The highest BCUT2D eigenvalue weighted by molar-refractivity contribution is 6.30. The highest BCUT2D eigenvalue weighted by atomic mass is 35.5. The SMILES string of the molecule is CNC(=O)c1cc(Oc2ccc(NC(=O)Nc3ccc(Cl)cc3C(F)(F)F)cc2)ccn1. The summed E-state index contributed by atoms with van der Waals surface area (Å²) in [5.41, 5.74) is -0.986. The monoisotopic (exact) mass is 464 g/mol. The maximum absolute atomic E-state index is 13.1. The van der Waals surface area contributed by atoms with Gasteiger partial charge in [-0.15, -0.1) is 0 Å². The van der Waals surface area contributed by atoms with Crippen molar-refractivity contribution in [2.45, 2.75) is 6.18 Å². The molecule has 3 N–H and O–H groups in total. The number of amides is 3. The second kappa shape index (κ2) is 9.56. The highest BCUT2D eigenvalue weighted by Gasteiger charge is 2.34. The predicted molar refractivity (Wildman–Crippen MR) is 113 cm³/mol. The van der Waals surface area contributed by atoms with Gasteiger partial charge in [-0.1, -0.05) is 11.6 Å². The fourth-order valence-corrected chi connectivity index (χ4v) is 2.79. The summed E-state index contributed by atoms with van der Waals surface area (Å²) in [5.74, 6) is 0.414. The van der Waals surface area contributed by atoms with E-state index in [1.54, 1.807) is 18.2 Å². The maximum atomic E-state index is 13.1. The van der Waals surface area contributed by atoms with E-state index in [9.17, 15) is 22.8 Å². The number of carbonyl (C=O) groups is 2. The number of hydrogen-bond donors (Lipinski definition) is 3. The lowest BCUT2D eigenvalue weighted by Gasteiger charge is -2.15. The summed E-state index contributed by atoms with van der Waals surface area (Å²) in [6.45, 7) is 0. The van der Waals surface area contributed by atoms with Crippen LogP contribution >= 0.6 is 11.6 Å². The van der Waals surface area contributed by atoms with E-state index < -0.39 is 23.5 Å². The maximum Gasteiger partial charge on any atom is 0.418 e. The molecule has 2 aromatic carbocycles. The Morgan fingerprint density at radius 3 is 2.34 bits per heavy atom. The number of hydrogen-bond acceptors (Lipinski definition) is 4. The predicted octanol–water partition coefficient (Wildman–Crippen LogP) is 5.55.